The Balaban J connectivity index is 1.44. The van der Waals surface area contributed by atoms with Crippen LogP contribution in [0.5, 0.6) is 0 Å². The Bertz CT molecular complexity index is 754. The molecule has 2 aliphatic rings. The van der Waals surface area contributed by atoms with E-state index in [2.05, 4.69) is 20.1 Å². The van der Waals surface area contributed by atoms with Gasteiger partial charge in [-0.15, -0.1) is 0 Å². The molecule has 2 aliphatic heterocycles. The van der Waals surface area contributed by atoms with Gasteiger partial charge in [0.1, 0.15) is 12.4 Å². The second kappa shape index (κ2) is 6.05. The maximum absolute atomic E-state index is 13.5. The standard InChI is InChI=1S/C16H16ClFN4O2/c17-14-2-1-12(18)3-15(14)21-6-10-8-22(9-11(10)7-21)16-4-13(5-19-23)24-20-16/h1-4,10-11H,5-9H2. The Labute approximate surface area is 143 Å². The number of rotatable bonds is 4. The van der Waals surface area contributed by atoms with Crippen LogP contribution >= 0.6 is 11.6 Å². The minimum atomic E-state index is -0.271. The van der Waals surface area contributed by atoms with Gasteiger partial charge in [-0.1, -0.05) is 21.9 Å². The topological polar surface area (TPSA) is 61.9 Å². The molecule has 4 rings (SSSR count). The second-order valence-corrected chi connectivity index (χ2v) is 6.77. The highest BCUT2D eigenvalue weighted by atomic mass is 35.5. The zero-order valence-electron chi connectivity index (χ0n) is 12.9. The molecule has 2 unspecified atom stereocenters. The summed E-state index contributed by atoms with van der Waals surface area (Å²) in [5.74, 6) is 1.89. The molecule has 0 bridgehead atoms. The Kier molecular flexibility index (Phi) is 3.88. The number of halogens is 2. The molecule has 0 saturated carbocycles. The molecule has 1 aromatic heterocycles. The predicted octanol–water partition coefficient (Wildman–Crippen LogP) is 3.31. The summed E-state index contributed by atoms with van der Waals surface area (Å²) in [6, 6.07) is 6.24. The van der Waals surface area contributed by atoms with E-state index in [0.717, 1.165) is 37.7 Å². The van der Waals surface area contributed by atoms with Crippen LogP contribution in [0.25, 0.3) is 0 Å². The SMILES string of the molecule is O=NCc1cc(N2CC3CN(c4cc(F)ccc4Cl)CC3C2)no1. The Morgan fingerprint density at radius 3 is 2.62 bits per heavy atom. The first-order chi connectivity index (χ1) is 11.6. The summed E-state index contributed by atoms with van der Waals surface area (Å²) in [5.41, 5.74) is 0.762. The lowest BCUT2D eigenvalue weighted by molar-refractivity contribution is 0.385. The van der Waals surface area contributed by atoms with Gasteiger partial charge in [0.15, 0.2) is 11.6 Å². The number of fused-ring (bicyclic) bond motifs is 1. The fourth-order valence-corrected chi connectivity index (χ4v) is 3.93. The molecular formula is C16H16ClFN4O2. The molecule has 2 atom stereocenters. The number of hydrogen-bond donors (Lipinski definition) is 0. The van der Waals surface area contributed by atoms with Crippen LogP contribution in [-0.2, 0) is 6.54 Å². The van der Waals surface area contributed by atoms with Crippen LogP contribution in [0.4, 0.5) is 15.9 Å². The van der Waals surface area contributed by atoms with Gasteiger partial charge in [0.05, 0.1) is 10.7 Å². The van der Waals surface area contributed by atoms with Gasteiger partial charge in [0.2, 0.25) is 0 Å². The molecule has 0 spiro atoms. The molecular weight excluding hydrogens is 335 g/mol. The van der Waals surface area contributed by atoms with E-state index >= 15 is 0 Å². The molecule has 3 heterocycles. The number of anilines is 2. The van der Waals surface area contributed by atoms with Gasteiger partial charge in [-0.25, -0.2) is 4.39 Å². The fourth-order valence-electron chi connectivity index (χ4n) is 3.69. The molecule has 2 saturated heterocycles. The smallest absolute Gasteiger partial charge is 0.172 e. The van der Waals surface area contributed by atoms with Crippen molar-refractivity contribution in [1.29, 1.82) is 0 Å². The number of nitrogens with zero attached hydrogens (tertiary/aromatic N) is 4. The number of hydrogen-bond acceptors (Lipinski definition) is 6. The van der Waals surface area contributed by atoms with E-state index in [1.54, 1.807) is 12.1 Å². The van der Waals surface area contributed by atoms with Crippen molar-refractivity contribution in [3.05, 3.63) is 45.8 Å². The highest BCUT2D eigenvalue weighted by Gasteiger charge is 2.41. The second-order valence-electron chi connectivity index (χ2n) is 6.36. The van der Waals surface area contributed by atoms with Crippen LogP contribution in [-0.4, -0.2) is 31.3 Å². The van der Waals surface area contributed by atoms with Gasteiger partial charge in [0.25, 0.3) is 0 Å². The van der Waals surface area contributed by atoms with Gasteiger partial charge >= 0.3 is 0 Å². The Morgan fingerprint density at radius 2 is 1.92 bits per heavy atom. The molecule has 2 aromatic rings. The van der Waals surface area contributed by atoms with Crippen molar-refractivity contribution in [3.8, 4) is 0 Å². The summed E-state index contributed by atoms with van der Waals surface area (Å²) in [6.45, 7) is 3.39. The van der Waals surface area contributed by atoms with Crippen molar-refractivity contribution in [2.24, 2.45) is 17.0 Å². The third kappa shape index (κ3) is 2.73. The number of nitroso groups, excluding NO2 is 1. The van der Waals surface area contributed by atoms with E-state index in [1.165, 1.54) is 12.1 Å². The van der Waals surface area contributed by atoms with Crippen molar-refractivity contribution >= 4 is 23.1 Å². The first-order valence-corrected chi connectivity index (χ1v) is 8.21. The zero-order valence-corrected chi connectivity index (χ0v) is 13.6. The van der Waals surface area contributed by atoms with Crippen molar-refractivity contribution in [1.82, 2.24) is 5.16 Å². The lowest BCUT2D eigenvalue weighted by Crippen LogP contribution is -2.29. The van der Waals surface area contributed by atoms with E-state index in [9.17, 15) is 9.30 Å². The molecule has 24 heavy (non-hydrogen) atoms. The summed E-state index contributed by atoms with van der Waals surface area (Å²) in [7, 11) is 0. The lowest BCUT2D eigenvalue weighted by Gasteiger charge is -2.23. The van der Waals surface area contributed by atoms with Gasteiger partial charge in [0, 0.05) is 44.1 Å². The lowest BCUT2D eigenvalue weighted by atomic mass is 10.0. The van der Waals surface area contributed by atoms with Gasteiger partial charge in [-0.2, -0.15) is 4.91 Å². The molecule has 0 radical (unpaired) electrons. The summed E-state index contributed by atoms with van der Waals surface area (Å²) in [4.78, 5) is 14.6. The van der Waals surface area contributed by atoms with E-state index < -0.39 is 0 Å². The van der Waals surface area contributed by atoms with Crippen LogP contribution in [0, 0.1) is 22.6 Å². The highest BCUT2D eigenvalue weighted by molar-refractivity contribution is 6.33. The maximum atomic E-state index is 13.5. The molecule has 0 amide bonds. The van der Waals surface area contributed by atoms with Crippen LogP contribution in [0.15, 0.2) is 34.0 Å². The van der Waals surface area contributed by atoms with Gasteiger partial charge in [-0.05, 0) is 18.2 Å². The highest BCUT2D eigenvalue weighted by Crippen LogP contribution is 2.38. The molecule has 2 fully saturated rings. The summed E-state index contributed by atoms with van der Waals surface area (Å²) >= 11 is 6.21. The van der Waals surface area contributed by atoms with E-state index in [1.807, 2.05) is 0 Å². The third-order valence-electron chi connectivity index (χ3n) is 4.83. The number of aromatic nitrogens is 1. The van der Waals surface area contributed by atoms with Crippen LogP contribution in [0.3, 0.4) is 0 Å². The molecule has 1 aromatic carbocycles. The Morgan fingerprint density at radius 1 is 1.21 bits per heavy atom. The minimum absolute atomic E-state index is 0.000451. The fraction of sp³-hybridized carbons (Fsp3) is 0.438. The summed E-state index contributed by atoms with van der Waals surface area (Å²) in [5, 5.41) is 7.40. The minimum Gasteiger partial charge on any atom is -0.370 e. The average Bonchev–Trinajstić information content (AvgIpc) is 3.23. The molecule has 8 heteroatoms. The third-order valence-corrected chi connectivity index (χ3v) is 5.15. The summed E-state index contributed by atoms with van der Waals surface area (Å²) in [6.07, 6.45) is 0. The summed E-state index contributed by atoms with van der Waals surface area (Å²) < 4.78 is 18.6. The first-order valence-electron chi connectivity index (χ1n) is 7.83. The van der Waals surface area contributed by atoms with E-state index in [4.69, 9.17) is 16.1 Å². The monoisotopic (exact) mass is 350 g/mol. The zero-order chi connectivity index (χ0) is 16.7. The van der Waals surface area contributed by atoms with Crippen molar-refractivity contribution in [3.63, 3.8) is 0 Å². The number of benzene rings is 1. The van der Waals surface area contributed by atoms with Gasteiger partial charge < -0.3 is 14.3 Å². The molecule has 0 N–H and O–H groups in total. The molecule has 0 aliphatic carbocycles. The average molecular weight is 351 g/mol. The van der Waals surface area contributed by atoms with Crippen molar-refractivity contribution in [2.75, 3.05) is 36.0 Å². The predicted molar refractivity (Wildman–Crippen MR) is 88.8 cm³/mol. The molecule has 6 nitrogen and oxygen atoms in total. The van der Waals surface area contributed by atoms with Crippen LogP contribution in [0.1, 0.15) is 5.76 Å². The van der Waals surface area contributed by atoms with Crippen molar-refractivity contribution < 1.29 is 8.91 Å². The largest absolute Gasteiger partial charge is 0.370 e. The maximum Gasteiger partial charge on any atom is 0.172 e. The van der Waals surface area contributed by atoms with Crippen LogP contribution in [0.2, 0.25) is 5.02 Å². The quantitative estimate of drug-likeness (QED) is 0.792. The Hall–Kier alpha value is -2.15. The van der Waals surface area contributed by atoms with E-state index in [-0.39, 0.29) is 12.4 Å². The van der Waals surface area contributed by atoms with Gasteiger partial charge in [-0.3, -0.25) is 0 Å². The van der Waals surface area contributed by atoms with Crippen molar-refractivity contribution in [2.45, 2.75) is 6.54 Å². The molecule has 126 valence electrons. The van der Waals surface area contributed by atoms with Crippen LogP contribution < -0.4 is 9.80 Å². The van der Waals surface area contributed by atoms with E-state index in [0.29, 0.717) is 22.6 Å². The first kappa shape index (κ1) is 15.4. The normalized spacial score (nSPS) is 22.9.